The van der Waals surface area contributed by atoms with Crippen molar-refractivity contribution in [1.29, 1.82) is 0 Å². The van der Waals surface area contributed by atoms with E-state index < -0.39 is 0 Å². The number of rotatable bonds is 13. The molecule has 6 nitrogen and oxygen atoms in total. The Morgan fingerprint density at radius 3 is 1.78 bits per heavy atom. The highest BCUT2D eigenvalue weighted by Gasteiger charge is 2.13. The maximum atomic E-state index is 14.5. The summed E-state index contributed by atoms with van der Waals surface area (Å²) in [5, 5.41) is 2.54. The van der Waals surface area contributed by atoms with E-state index in [2.05, 4.69) is 92.6 Å². The van der Waals surface area contributed by atoms with E-state index in [0.717, 1.165) is 91.9 Å². The molecule has 0 radical (unpaired) electrons. The molecule has 0 atom stereocenters. The van der Waals surface area contributed by atoms with Crippen molar-refractivity contribution in [3.63, 3.8) is 0 Å². The molecule has 1 aromatic heterocycles. The largest absolute Gasteiger partial charge is 0.454 e. The van der Waals surface area contributed by atoms with Crippen LogP contribution < -0.4 is 15.4 Å². The van der Waals surface area contributed by atoms with Crippen molar-refractivity contribution in [2.45, 2.75) is 60.9 Å². The van der Waals surface area contributed by atoms with Gasteiger partial charge in [-0.15, -0.1) is 0 Å². The highest BCUT2D eigenvalue weighted by Crippen LogP contribution is 2.29. The van der Waals surface area contributed by atoms with E-state index in [1.54, 1.807) is 0 Å². The monoisotopic (exact) mass is 556 g/mol. The molecular weight excluding hydrogens is 508 g/mol. The second-order valence-electron chi connectivity index (χ2n) is 10.6. The first-order valence-electron chi connectivity index (χ1n) is 15.6. The average Bonchev–Trinajstić information content (AvgIpc) is 3.03. The van der Waals surface area contributed by atoms with E-state index >= 15 is 0 Å². The molecule has 4 rings (SSSR count). The molecule has 0 aliphatic heterocycles. The smallest absolute Gasteiger partial charge is 0.259 e. The Morgan fingerprint density at radius 1 is 0.634 bits per heavy atom. The molecule has 0 unspecified atom stereocenters. The van der Waals surface area contributed by atoms with Crippen LogP contribution in [0, 0.1) is 0 Å². The second-order valence-corrected chi connectivity index (χ2v) is 10.6. The summed E-state index contributed by atoms with van der Waals surface area (Å²) >= 11 is 0. The van der Waals surface area contributed by atoms with Gasteiger partial charge in [-0.1, -0.05) is 32.0 Å². The van der Waals surface area contributed by atoms with Crippen LogP contribution in [0.4, 0.5) is 11.4 Å². The fourth-order valence-electron chi connectivity index (χ4n) is 5.91. The van der Waals surface area contributed by atoms with Gasteiger partial charge in [-0.05, 0) is 89.3 Å². The lowest BCUT2D eigenvalue weighted by molar-refractivity contribution is 0.264. The maximum absolute atomic E-state index is 14.5. The van der Waals surface area contributed by atoms with Gasteiger partial charge in [0.1, 0.15) is 5.58 Å². The lowest BCUT2D eigenvalue weighted by Crippen LogP contribution is -2.32. The van der Waals surface area contributed by atoms with Crippen molar-refractivity contribution in [2.75, 3.05) is 55.6 Å². The summed E-state index contributed by atoms with van der Waals surface area (Å²) in [7, 11) is 0. The summed E-state index contributed by atoms with van der Waals surface area (Å²) in [6, 6.07) is 20.7. The Kier molecular flexibility index (Phi) is 10.7. The number of fused-ring (bicyclic) bond motifs is 4. The van der Waals surface area contributed by atoms with Gasteiger partial charge < -0.3 is 23.7 Å². The maximum Gasteiger partial charge on any atom is 0.259 e. The third-order valence-corrected chi connectivity index (χ3v) is 8.09. The van der Waals surface area contributed by atoms with Gasteiger partial charge in [0.05, 0.1) is 5.52 Å². The molecule has 3 aromatic carbocycles. The fraction of sp³-hybridized carbons (Fsp3) is 0.457. The normalized spacial score (nSPS) is 11.5. The summed E-state index contributed by atoms with van der Waals surface area (Å²) in [4.78, 5) is 21.6. The first-order chi connectivity index (χ1) is 20.0. The van der Waals surface area contributed by atoms with E-state index in [9.17, 15) is 4.79 Å². The Morgan fingerprint density at radius 2 is 1.20 bits per heavy atom. The van der Waals surface area contributed by atoms with Crippen molar-refractivity contribution in [2.24, 2.45) is 0 Å². The first kappa shape index (κ1) is 30.4. The van der Waals surface area contributed by atoms with Crippen LogP contribution in [0.1, 0.15) is 54.4 Å². The molecule has 0 spiro atoms. The number of aromatic nitrogens is 1. The molecule has 0 saturated heterocycles. The lowest BCUT2D eigenvalue weighted by Gasteiger charge is -2.22. The van der Waals surface area contributed by atoms with Crippen LogP contribution in [0.25, 0.3) is 32.8 Å². The van der Waals surface area contributed by atoms with Crippen molar-refractivity contribution < 1.29 is 4.42 Å². The molecule has 0 N–H and O–H groups in total. The van der Waals surface area contributed by atoms with Gasteiger partial charge in [0, 0.05) is 73.5 Å². The molecule has 0 fully saturated rings. The van der Waals surface area contributed by atoms with E-state index in [1.807, 2.05) is 28.8 Å². The second kappa shape index (κ2) is 14.4. The molecular formula is C35H48N4O2. The molecule has 220 valence electrons. The number of anilines is 2. The topological polar surface area (TPSA) is 44.9 Å². The molecule has 4 aromatic rings. The van der Waals surface area contributed by atoms with Crippen LogP contribution in [0.15, 0.2) is 69.9 Å². The third kappa shape index (κ3) is 6.70. The number of nitrogens with zero attached hydrogens (tertiary/aromatic N) is 4. The average molecular weight is 557 g/mol. The van der Waals surface area contributed by atoms with E-state index in [-0.39, 0.29) is 5.56 Å². The van der Waals surface area contributed by atoms with Gasteiger partial charge in [-0.25, -0.2) is 0 Å². The van der Waals surface area contributed by atoms with Crippen LogP contribution in [0.2, 0.25) is 0 Å². The number of benzene rings is 3. The van der Waals surface area contributed by atoms with Gasteiger partial charge in [0.2, 0.25) is 0 Å². The molecule has 0 saturated carbocycles. The van der Waals surface area contributed by atoms with Gasteiger partial charge in [-0.3, -0.25) is 4.79 Å². The Labute approximate surface area is 245 Å². The van der Waals surface area contributed by atoms with E-state index in [1.165, 1.54) is 0 Å². The van der Waals surface area contributed by atoms with Crippen molar-refractivity contribution >= 4 is 44.2 Å². The summed E-state index contributed by atoms with van der Waals surface area (Å²) in [5.41, 5.74) is 4.52. The molecule has 1 heterocycles. The molecule has 41 heavy (non-hydrogen) atoms. The quantitative estimate of drug-likeness (QED) is 0.168. The van der Waals surface area contributed by atoms with Crippen LogP contribution in [0.5, 0.6) is 0 Å². The molecule has 0 amide bonds. The minimum atomic E-state index is 0.00894. The summed E-state index contributed by atoms with van der Waals surface area (Å²) in [6.07, 6.45) is 2.18. The molecule has 0 aliphatic carbocycles. The van der Waals surface area contributed by atoms with Crippen LogP contribution in [-0.4, -0.2) is 55.3 Å². The van der Waals surface area contributed by atoms with Crippen LogP contribution in [0.3, 0.4) is 0 Å². The molecule has 0 aliphatic rings. The van der Waals surface area contributed by atoms with E-state index in [4.69, 9.17) is 4.42 Å². The Balaban J connectivity index is 2.14. The standard InChI is InChI=1S/C35H48N4O2/c1-7-21-36(22-8-2)23-24-39-32-20-18-28(38(11-5)12-6)26-34(32)41-33-25-27(37(9-3)10-4)17-19-30(33)29-15-13-14-16-31(29)35(39)40/h13-20,25-26H,7-12,21-24H2,1-6H3. The van der Waals surface area contributed by atoms with Crippen molar-refractivity contribution in [3.8, 4) is 0 Å². The minimum Gasteiger partial charge on any atom is -0.454 e. The molecule has 0 bridgehead atoms. The highest BCUT2D eigenvalue weighted by atomic mass is 16.3. The Hall–Kier alpha value is -3.51. The van der Waals surface area contributed by atoms with Crippen LogP contribution in [-0.2, 0) is 6.54 Å². The summed E-state index contributed by atoms with van der Waals surface area (Å²) in [5.74, 6) is 0. The number of hydrogen-bond donors (Lipinski definition) is 0. The van der Waals surface area contributed by atoms with Gasteiger partial charge in [-0.2, -0.15) is 0 Å². The Bertz CT molecular complexity index is 1560. The van der Waals surface area contributed by atoms with Gasteiger partial charge in [0.15, 0.2) is 5.58 Å². The zero-order valence-electron chi connectivity index (χ0n) is 25.9. The van der Waals surface area contributed by atoms with Crippen molar-refractivity contribution in [3.05, 3.63) is 71.0 Å². The fourth-order valence-corrected chi connectivity index (χ4v) is 5.91. The highest BCUT2D eigenvalue weighted by molar-refractivity contribution is 6.04. The first-order valence-corrected chi connectivity index (χ1v) is 15.6. The predicted octanol–water partition coefficient (Wildman–Crippen LogP) is 7.84. The van der Waals surface area contributed by atoms with Crippen LogP contribution >= 0.6 is 0 Å². The lowest BCUT2D eigenvalue weighted by atomic mass is 10.1. The van der Waals surface area contributed by atoms with Gasteiger partial charge >= 0.3 is 0 Å². The summed E-state index contributed by atoms with van der Waals surface area (Å²) in [6.45, 7) is 20.2. The number of hydrogen-bond acceptors (Lipinski definition) is 5. The SMILES string of the molecule is CCCN(CCC)CCn1c(=O)c2ccccc2c2ccc(N(CC)CC)cc2oc2cc(N(CC)CC)ccc21. The molecule has 6 heteroatoms. The zero-order valence-corrected chi connectivity index (χ0v) is 25.9. The van der Waals surface area contributed by atoms with Gasteiger partial charge in [0.25, 0.3) is 5.56 Å². The zero-order chi connectivity index (χ0) is 29.4. The minimum absolute atomic E-state index is 0.00894. The van der Waals surface area contributed by atoms with E-state index in [0.29, 0.717) is 17.5 Å². The third-order valence-electron chi connectivity index (χ3n) is 8.09. The van der Waals surface area contributed by atoms with Crippen molar-refractivity contribution in [1.82, 2.24) is 9.47 Å². The summed E-state index contributed by atoms with van der Waals surface area (Å²) < 4.78 is 8.84. The predicted molar refractivity (Wildman–Crippen MR) is 177 cm³/mol.